The van der Waals surface area contributed by atoms with Crippen molar-refractivity contribution in [2.45, 2.75) is 31.1 Å². The normalized spacial score (nSPS) is 33.5. The minimum Gasteiger partial charge on any atom is -0.396 e. The lowest BCUT2D eigenvalue weighted by molar-refractivity contribution is 0.197. The van der Waals surface area contributed by atoms with Crippen molar-refractivity contribution in [2.24, 2.45) is 11.8 Å². The Labute approximate surface area is 101 Å². The van der Waals surface area contributed by atoms with E-state index < -0.39 is 0 Å². The van der Waals surface area contributed by atoms with E-state index in [9.17, 15) is 5.11 Å². The first kappa shape index (κ1) is 10.6. The zero-order valence-corrected chi connectivity index (χ0v) is 10.1. The molecule has 2 unspecified atom stereocenters. The van der Waals surface area contributed by atoms with E-state index >= 15 is 0 Å². The minimum absolute atomic E-state index is 0.262. The average Bonchev–Trinajstić information content (AvgIpc) is 2.91. The van der Waals surface area contributed by atoms with Crippen LogP contribution >= 0.6 is 11.6 Å². The molecule has 1 nitrogen and oxygen atoms in total. The number of aliphatic hydroxyl groups excluding tert-OH is 1. The first-order valence-electron chi connectivity index (χ1n) is 6.14. The van der Waals surface area contributed by atoms with Crippen LogP contribution in [0.5, 0.6) is 0 Å². The fourth-order valence-corrected chi connectivity index (χ4v) is 3.56. The van der Waals surface area contributed by atoms with Gasteiger partial charge in [0.25, 0.3) is 0 Å². The second-order valence-electron chi connectivity index (χ2n) is 5.26. The van der Waals surface area contributed by atoms with Gasteiger partial charge in [-0.05, 0) is 48.8 Å². The number of hydrogen-bond acceptors (Lipinski definition) is 1. The molecule has 86 valence electrons. The van der Waals surface area contributed by atoms with Crippen molar-refractivity contribution in [1.82, 2.24) is 0 Å². The van der Waals surface area contributed by atoms with Gasteiger partial charge in [-0.2, -0.15) is 0 Å². The van der Waals surface area contributed by atoms with Crippen LogP contribution in [0.4, 0.5) is 0 Å². The summed E-state index contributed by atoms with van der Waals surface area (Å²) in [5, 5.41) is 10.2. The maximum Gasteiger partial charge on any atom is 0.0468 e. The van der Waals surface area contributed by atoms with Gasteiger partial charge < -0.3 is 5.11 Å². The van der Waals surface area contributed by atoms with E-state index in [0.29, 0.717) is 12.5 Å². The molecule has 2 saturated carbocycles. The van der Waals surface area contributed by atoms with Gasteiger partial charge >= 0.3 is 0 Å². The highest BCUT2D eigenvalue weighted by atomic mass is 35.5. The third-order valence-corrected chi connectivity index (χ3v) is 4.80. The van der Waals surface area contributed by atoms with Gasteiger partial charge in [0.05, 0.1) is 0 Å². The van der Waals surface area contributed by atoms with Crippen LogP contribution in [0.15, 0.2) is 24.3 Å². The predicted octanol–water partition coefficient (Wildman–Crippen LogP) is 3.39. The summed E-state index contributed by atoms with van der Waals surface area (Å²) in [6, 6.07) is 8.23. The van der Waals surface area contributed by atoms with Gasteiger partial charge in [0.1, 0.15) is 0 Å². The molecule has 1 aromatic rings. The van der Waals surface area contributed by atoms with Crippen molar-refractivity contribution in [3.63, 3.8) is 0 Å². The first-order valence-corrected chi connectivity index (χ1v) is 6.52. The summed E-state index contributed by atoms with van der Waals surface area (Å²) >= 11 is 6.07. The van der Waals surface area contributed by atoms with Crippen molar-refractivity contribution in [3.05, 3.63) is 34.9 Å². The number of rotatable bonds is 3. The van der Waals surface area contributed by atoms with Crippen LogP contribution in [0.1, 0.15) is 31.2 Å². The van der Waals surface area contributed by atoms with Crippen molar-refractivity contribution < 1.29 is 5.11 Å². The van der Waals surface area contributed by atoms with E-state index in [2.05, 4.69) is 12.1 Å². The molecule has 0 spiro atoms. The molecule has 2 atom stereocenters. The average molecular weight is 237 g/mol. The molecule has 2 fully saturated rings. The molecule has 0 aromatic heterocycles. The summed E-state index contributed by atoms with van der Waals surface area (Å²) in [5.74, 6) is 1.25. The number of aliphatic hydroxyl groups is 1. The van der Waals surface area contributed by atoms with E-state index in [1.807, 2.05) is 12.1 Å². The van der Waals surface area contributed by atoms with Gasteiger partial charge in [-0.3, -0.25) is 0 Å². The molecule has 0 bridgehead atoms. The largest absolute Gasteiger partial charge is 0.396 e. The fraction of sp³-hybridized carbons (Fsp3) is 0.571. The lowest BCUT2D eigenvalue weighted by atomic mass is 9.69. The molecule has 16 heavy (non-hydrogen) atoms. The Hall–Kier alpha value is -0.530. The van der Waals surface area contributed by atoms with Crippen LogP contribution < -0.4 is 0 Å². The van der Waals surface area contributed by atoms with E-state index in [1.54, 1.807) is 0 Å². The maximum absolute atomic E-state index is 9.41. The third-order valence-electron chi connectivity index (χ3n) is 4.57. The predicted molar refractivity (Wildman–Crippen MR) is 65.7 cm³/mol. The molecule has 0 heterocycles. The highest BCUT2D eigenvalue weighted by Crippen LogP contribution is 2.63. The van der Waals surface area contributed by atoms with Crippen molar-refractivity contribution in [1.29, 1.82) is 0 Å². The van der Waals surface area contributed by atoms with Gasteiger partial charge in [-0.15, -0.1) is 0 Å². The molecule has 3 rings (SSSR count). The Morgan fingerprint density at radius 1 is 1.38 bits per heavy atom. The number of halogens is 1. The summed E-state index contributed by atoms with van der Waals surface area (Å²) in [6.45, 7) is 0.322. The Balaban J connectivity index is 1.95. The molecule has 2 heteroatoms. The molecule has 0 aliphatic heterocycles. The molecule has 2 aliphatic carbocycles. The highest BCUT2D eigenvalue weighted by molar-refractivity contribution is 6.30. The number of benzene rings is 1. The summed E-state index contributed by atoms with van der Waals surface area (Å²) in [5.41, 5.74) is 1.61. The monoisotopic (exact) mass is 236 g/mol. The summed E-state index contributed by atoms with van der Waals surface area (Å²) in [6.07, 6.45) is 5.14. The van der Waals surface area contributed by atoms with Gasteiger partial charge in [0.2, 0.25) is 0 Å². The van der Waals surface area contributed by atoms with Crippen molar-refractivity contribution in [2.75, 3.05) is 6.61 Å². The molecule has 1 N–H and O–H groups in total. The van der Waals surface area contributed by atoms with Crippen LogP contribution in [0.3, 0.4) is 0 Å². The zero-order valence-electron chi connectivity index (χ0n) is 9.32. The van der Waals surface area contributed by atoms with Crippen LogP contribution in [-0.4, -0.2) is 11.7 Å². The summed E-state index contributed by atoms with van der Waals surface area (Å²) in [7, 11) is 0. The van der Waals surface area contributed by atoms with E-state index in [-0.39, 0.29) is 5.41 Å². The molecule has 0 saturated heterocycles. The third kappa shape index (κ3) is 1.42. The molecule has 1 aromatic carbocycles. The smallest absolute Gasteiger partial charge is 0.0468 e. The summed E-state index contributed by atoms with van der Waals surface area (Å²) < 4.78 is 0. The van der Waals surface area contributed by atoms with Gasteiger partial charge in [-0.25, -0.2) is 0 Å². The van der Waals surface area contributed by atoms with E-state index in [1.165, 1.54) is 24.8 Å². The fourth-order valence-electron chi connectivity index (χ4n) is 3.37. The molecule has 0 radical (unpaired) electrons. The number of hydrogen-bond donors (Lipinski definition) is 1. The van der Waals surface area contributed by atoms with E-state index in [0.717, 1.165) is 17.4 Å². The minimum atomic E-state index is 0.262. The SMILES string of the molecule is OCC1CC1(c1cccc(Cl)c1)C1CCC1. The van der Waals surface area contributed by atoms with Crippen LogP contribution in [0.25, 0.3) is 0 Å². The topological polar surface area (TPSA) is 20.2 Å². The van der Waals surface area contributed by atoms with Crippen LogP contribution in [0, 0.1) is 11.8 Å². The highest BCUT2D eigenvalue weighted by Gasteiger charge is 2.60. The molecular weight excluding hydrogens is 220 g/mol. The molecule has 2 aliphatic rings. The second kappa shape index (κ2) is 3.75. The molecular formula is C14H17ClO. The van der Waals surface area contributed by atoms with Crippen LogP contribution in [0.2, 0.25) is 5.02 Å². The Kier molecular flexibility index (Phi) is 2.49. The quantitative estimate of drug-likeness (QED) is 0.853. The maximum atomic E-state index is 9.41. The van der Waals surface area contributed by atoms with Crippen molar-refractivity contribution >= 4 is 11.6 Å². The Morgan fingerprint density at radius 2 is 2.19 bits per heavy atom. The van der Waals surface area contributed by atoms with Gasteiger partial charge in [-0.1, -0.05) is 30.2 Å². The summed E-state index contributed by atoms with van der Waals surface area (Å²) in [4.78, 5) is 0. The Morgan fingerprint density at radius 3 is 2.69 bits per heavy atom. The lowest BCUT2D eigenvalue weighted by Crippen LogP contribution is -2.29. The molecule has 0 amide bonds. The standard InChI is InChI=1S/C14H17ClO/c15-13-6-2-5-11(7-13)14(8-12(14)9-16)10-3-1-4-10/h2,5-7,10,12,16H,1,3-4,8-9H2. The zero-order chi connectivity index (χ0) is 11.2. The van der Waals surface area contributed by atoms with Crippen LogP contribution in [-0.2, 0) is 5.41 Å². The van der Waals surface area contributed by atoms with Gasteiger partial charge in [0, 0.05) is 17.0 Å². The van der Waals surface area contributed by atoms with E-state index in [4.69, 9.17) is 11.6 Å². The second-order valence-corrected chi connectivity index (χ2v) is 5.70. The first-order chi connectivity index (χ1) is 7.77. The lowest BCUT2D eigenvalue weighted by Gasteiger charge is -2.35. The van der Waals surface area contributed by atoms with Gasteiger partial charge in [0.15, 0.2) is 0 Å². The van der Waals surface area contributed by atoms with Crippen molar-refractivity contribution in [3.8, 4) is 0 Å². The Bertz CT molecular complexity index is 399.